The van der Waals surface area contributed by atoms with Gasteiger partial charge in [0.15, 0.2) is 5.78 Å². The second-order valence-corrected chi connectivity index (χ2v) is 9.12. The van der Waals surface area contributed by atoms with E-state index in [2.05, 4.69) is 5.32 Å². The molecule has 0 aliphatic carbocycles. The number of nitrogens with zero attached hydrogens (tertiary/aromatic N) is 2. The first kappa shape index (κ1) is 30.5. The van der Waals surface area contributed by atoms with Crippen LogP contribution < -0.4 is 5.32 Å². The summed E-state index contributed by atoms with van der Waals surface area (Å²) < 4.78 is 5.36. The van der Waals surface area contributed by atoms with Gasteiger partial charge in [-0.3, -0.25) is 38.5 Å². The molecule has 13 nitrogen and oxygen atoms in total. The molecule has 0 unspecified atom stereocenters. The Bertz CT molecular complexity index is 971. The van der Waals surface area contributed by atoms with Gasteiger partial charge in [-0.2, -0.15) is 0 Å². The molecule has 2 aliphatic heterocycles. The van der Waals surface area contributed by atoms with E-state index in [0.717, 1.165) is 4.90 Å². The van der Waals surface area contributed by atoms with Crippen LogP contribution in [0.5, 0.6) is 0 Å². The Morgan fingerprint density at radius 1 is 0.895 bits per heavy atom. The predicted octanol–water partition coefficient (Wildman–Crippen LogP) is 0.155. The van der Waals surface area contributed by atoms with Crippen LogP contribution in [0.4, 0.5) is 0 Å². The predicted molar refractivity (Wildman–Crippen MR) is 128 cm³/mol. The van der Waals surface area contributed by atoms with Crippen molar-refractivity contribution in [3.8, 4) is 0 Å². The van der Waals surface area contributed by atoms with Gasteiger partial charge in [0.1, 0.15) is 5.78 Å². The van der Waals surface area contributed by atoms with Crippen molar-refractivity contribution >= 4 is 47.1 Å². The zero-order chi connectivity index (χ0) is 28.2. The van der Waals surface area contributed by atoms with Crippen molar-refractivity contribution in [2.45, 2.75) is 71.3 Å². The lowest BCUT2D eigenvalue weighted by atomic mass is 10.0. The fourth-order valence-corrected chi connectivity index (χ4v) is 3.64. The van der Waals surface area contributed by atoms with E-state index >= 15 is 0 Å². The van der Waals surface area contributed by atoms with E-state index in [1.54, 1.807) is 0 Å². The number of carbonyl (C=O) groups excluding carboxylic acids is 8. The highest BCUT2D eigenvalue weighted by Gasteiger charge is 2.34. The lowest BCUT2D eigenvalue weighted by Crippen LogP contribution is -2.40. The van der Waals surface area contributed by atoms with Crippen LogP contribution in [0.3, 0.4) is 0 Å². The van der Waals surface area contributed by atoms with E-state index in [-0.39, 0.29) is 75.9 Å². The fraction of sp³-hybridized carbons (Fsp3) is 0.600. The van der Waals surface area contributed by atoms with E-state index in [1.165, 1.54) is 26.0 Å². The minimum Gasteiger partial charge on any atom is -0.381 e. The largest absolute Gasteiger partial charge is 0.381 e. The number of hydroxylamine groups is 2. The number of carbonyl (C=O) groups is 8. The molecule has 0 aromatic heterocycles. The number of amides is 5. The molecule has 1 N–H and O–H groups in total. The van der Waals surface area contributed by atoms with Gasteiger partial charge in [0.05, 0.1) is 18.6 Å². The van der Waals surface area contributed by atoms with Gasteiger partial charge in [0.25, 0.3) is 23.6 Å². The van der Waals surface area contributed by atoms with Crippen molar-refractivity contribution in [3.63, 3.8) is 0 Å². The van der Waals surface area contributed by atoms with Crippen molar-refractivity contribution in [1.29, 1.82) is 0 Å². The van der Waals surface area contributed by atoms with Gasteiger partial charge >= 0.3 is 5.97 Å². The van der Waals surface area contributed by atoms with Crippen molar-refractivity contribution in [1.82, 2.24) is 15.3 Å². The molecule has 0 spiro atoms. The molecule has 2 heterocycles. The van der Waals surface area contributed by atoms with Crippen LogP contribution in [0.15, 0.2) is 12.2 Å². The minimum atomic E-state index is -0.920. The molecular weight excluding hydrogens is 502 g/mol. The van der Waals surface area contributed by atoms with E-state index < -0.39 is 41.4 Å². The number of ether oxygens (including phenoxy) is 1. The maximum Gasteiger partial charge on any atom is 0.336 e. The Balaban J connectivity index is 1.52. The summed E-state index contributed by atoms with van der Waals surface area (Å²) in [5, 5.41) is 2.94. The lowest BCUT2D eigenvalue weighted by Gasteiger charge is -2.18. The number of rotatable bonds is 17. The Hall–Kier alpha value is -3.74. The second kappa shape index (κ2) is 14.9. The van der Waals surface area contributed by atoms with Crippen molar-refractivity contribution in [3.05, 3.63) is 12.2 Å². The molecule has 2 atom stereocenters. The van der Waals surface area contributed by atoms with Crippen molar-refractivity contribution in [2.24, 2.45) is 5.92 Å². The summed E-state index contributed by atoms with van der Waals surface area (Å²) in [7, 11) is 0. The molecule has 38 heavy (non-hydrogen) atoms. The summed E-state index contributed by atoms with van der Waals surface area (Å²) in [6.07, 6.45) is 3.46. The molecule has 5 amide bonds. The normalized spacial score (nSPS) is 16.7. The standard InChI is InChI=1S/C25H33N3O10/c1-16(25(36)38-28-23(34)9-10-24(28)35)15-19(30)17(2)26-20(31)11-14-37-13-4-6-18(29)5-3-12-27-21(32)7-8-22(27)33/h7-8,16-17H,3-6,9-15H2,1-2H3,(H,26,31)/t16-,17+/m1/s1. The third kappa shape index (κ3) is 9.61. The van der Waals surface area contributed by atoms with Crippen LogP contribution in [0, 0.1) is 5.92 Å². The van der Waals surface area contributed by atoms with Crippen LogP contribution in [0.25, 0.3) is 0 Å². The van der Waals surface area contributed by atoms with Gasteiger partial charge in [-0.25, -0.2) is 4.79 Å². The molecule has 208 valence electrons. The summed E-state index contributed by atoms with van der Waals surface area (Å²) in [6, 6.07) is -0.868. The van der Waals surface area contributed by atoms with Gasteiger partial charge in [-0.05, 0) is 19.8 Å². The van der Waals surface area contributed by atoms with Crippen molar-refractivity contribution < 1.29 is 47.9 Å². The zero-order valence-electron chi connectivity index (χ0n) is 21.6. The topological polar surface area (TPSA) is 174 Å². The van der Waals surface area contributed by atoms with E-state index in [9.17, 15) is 38.4 Å². The third-order valence-electron chi connectivity index (χ3n) is 5.91. The zero-order valence-corrected chi connectivity index (χ0v) is 21.6. The van der Waals surface area contributed by atoms with Crippen LogP contribution in [0.2, 0.25) is 0 Å². The molecule has 1 fully saturated rings. The first-order chi connectivity index (χ1) is 18.0. The molecule has 13 heteroatoms. The molecular formula is C25H33N3O10. The quantitative estimate of drug-likeness (QED) is 0.199. The molecule has 0 radical (unpaired) electrons. The smallest absolute Gasteiger partial charge is 0.336 e. The van der Waals surface area contributed by atoms with Gasteiger partial charge in [-0.1, -0.05) is 6.92 Å². The van der Waals surface area contributed by atoms with Gasteiger partial charge in [0.2, 0.25) is 5.91 Å². The number of ketones is 2. The molecule has 2 rings (SSSR count). The first-order valence-corrected chi connectivity index (χ1v) is 12.5. The summed E-state index contributed by atoms with van der Waals surface area (Å²) in [6.45, 7) is 3.46. The SMILES string of the molecule is C[C@H](CC(=O)[C@H](C)NC(=O)CCOCCCC(=O)CCCN1C(=O)C=CC1=O)C(=O)ON1C(=O)CCC1=O. The van der Waals surface area contributed by atoms with Gasteiger partial charge in [0, 0.05) is 63.8 Å². The fourth-order valence-electron chi connectivity index (χ4n) is 3.64. The maximum absolute atomic E-state index is 12.3. The first-order valence-electron chi connectivity index (χ1n) is 12.5. The Morgan fingerprint density at radius 3 is 2.13 bits per heavy atom. The Labute approximate surface area is 219 Å². The summed E-state index contributed by atoms with van der Waals surface area (Å²) >= 11 is 0. The average molecular weight is 536 g/mol. The summed E-state index contributed by atoms with van der Waals surface area (Å²) in [4.78, 5) is 100. The molecule has 1 saturated heterocycles. The summed E-state index contributed by atoms with van der Waals surface area (Å²) in [5.74, 6) is -4.63. The minimum absolute atomic E-state index is 0.00568. The number of Topliss-reactive ketones (excluding diaryl/α,β-unsaturated/α-hetero) is 2. The number of nitrogens with one attached hydrogen (secondary N) is 1. The average Bonchev–Trinajstić information content (AvgIpc) is 3.36. The third-order valence-corrected chi connectivity index (χ3v) is 5.91. The van der Waals surface area contributed by atoms with Crippen molar-refractivity contribution in [2.75, 3.05) is 19.8 Å². The number of hydrogen-bond acceptors (Lipinski definition) is 10. The molecule has 0 aromatic carbocycles. The van der Waals surface area contributed by atoms with Gasteiger partial charge in [-0.15, -0.1) is 5.06 Å². The molecule has 0 bridgehead atoms. The van der Waals surface area contributed by atoms with E-state index in [1.807, 2.05) is 0 Å². The molecule has 2 aliphatic rings. The molecule has 0 saturated carbocycles. The Kier molecular flexibility index (Phi) is 11.9. The van der Waals surface area contributed by atoms with E-state index in [4.69, 9.17) is 9.57 Å². The van der Waals surface area contributed by atoms with Crippen LogP contribution >= 0.6 is 0 Å². The number of hydrogen-bond donors (Lipinski definition) is 1. The highest BCUT2D eigenvalue weighted by atomic mass is 16.7. The highest BCUT2D eigenvalue weighted by Crippen LogP contribution is 2.15. The van der Waals surface area contributed by atoms with Crippen LogP contribution in [0.1, 0.15) is 65.2 Å². The lowest BCUT2D eigenvalue weighted by molar-refractivity contribution is -0.200. The van der Waals surface area contributed by atoms with Crippen LogP contribution in [-0.2, 0) is 47.9 Å². The van der Waals surface area contributed by atoms with Crippen LogP contribution in [-0.4, -0.2) is 82.8 Å². The highest BCUT2D eigenvalue weighted by molar-refractivity contribution is 6.12. The second-order valence-electron chi connectivity index (χ2n) is 9.12. The maximum atomic E-state index is 12.3. The monoisotopic (exact) mass is 535 g/mol. The summed E-state index contributed by atoms with van der Waals surface area (Å²) in [5.41, 5.74) is 0. The molecule has 0 aromatic rings. The Morgan fingerprint density at radius 2 is 1.50 bits per heavy atom. The number of imide groups is 2. The van der Waals surface area contributed by atoms with Gasteiger partial charge < -0.3 is 14.9 Å². The van der Waals surface area contributed by atoms with E-state index in [0.29, 0.717) is 17.9 Å².